The van der Waals surface area contributed by atoms with Crippen molar-refractivity contribution in [3.63, 3.8) is 0 Å². The number of benzene rings is 1. The number of anilines is 1. The highest BCUT2D eigenvalue weighted by Crippen LogP contribution is 2.21. The molecule has 1 aromatic rings. The lowest BCUT2D eigenvalue weighted by molar-refractivity contribution is -0.122. The van der Waals surface area contributed by atoms with Gasteiger partial charge in [-0.15, -0.1) is 0 Å². The van der Waals surface area contributed by atoms with Gasteiger partial charge in [-0.25, -0.2) is 0 Å². The second kappa shape index (κ2) is 9.02. The lowest BCUT2D eigenvalue weighted by Gasteiger charge is -2.30. The maximum atomic E-state index is 12.0. The van der Waals surface area contributed by atoms with Gasteiger partial charge in [0, 0.05) is 25.3 Å². The van der Waals surface area contributed by atoms with Gasteiger partial charge < -0.3 is 20.7 Å². The van der Waals surface area contributed by atoms with Crippen LogP contribution in [-0.4, -0.2) is 50.3 Å². The standard InChI is InChI=1S/C16H25N3O2S/c1-22-11-6-14(17)16(20)18-12-13-4-2-3-5-15(13)19-7-9-21-10-8-19/h2-5,14H,6-12,17H2,1H3,(H,18,20)/t14-/m0/s1. The molecule has 0 aromatic heterocycles. The van der Waals surface area contributed by atoms with Gasteiger partial charge >= 0.3 is 0 Å². The Morgan fingerprint density at radius 1 is 1.41 bits per heavy atom. The lowest BCUT2D eigenvalue weighted by atomic mass is 10.1. The van der Waals surface area contributed by atoms with E-state index in [0.29, 0.717) is 13.0 Å². The molecule has 1 aliphatic rings. The van der Waals surface area contributed by atoms with E-state index in [1.165, 1.54) is 5.69 Å². The van der Waals surface area contributed by atoms with Crippen LogP contribution in [0.3, 0.4) is 0 Å². The molecule has 6 heteroatoms. The van der Waals surface area contributed by atoms with E-state index in [9.17, 15) is 4.79 Å². The molecule has 1 heterocycles. The van der Waals surface area contributed by atoms with E-state index in [1.54, 1.807) is 11.8 Å². The molecule has 3 N–H and O–H groups in total. The Labute approximate surface area is 136 Å². The van der Waals surface area contributed by atoms with E-state index >= 15 is 0 Å². The van der Waals surface area contributed by atoms with Gasteiger partial charge in [0.05, 0.1) is 19.3 Å². The fourth-order valence-corrected chi connectivity index (χ4v) is 2.95. The van der Waals surface area contributed by atoms with Gasteiger partial charge in [0.25, 0.3) is 0 Å². The van der Waals surface area contributed by atoms with Crippen molar-refractivity contribution in [3.8, 4) is 0 Å². The van der Waals surface area contributed by atoms with Gasteiger partial charge in [0.1, 0.15) is 0 Å². The minimum Gasteiger partial charge on any atom is -0.378 e. The molecule has 0 saturated carbocycles. The molecule has 0 unspecified atom stereocenters. The average molecular weight is 323 g/mol. The predicted molar refractivity (Wildman–Crippen MR) is 92.3 cm³/mol. The minimum absolute atomic E-state index is 0.0779. The molecule has 1 aliphatic heterocycles. The third-order valence-corrected chi connectivity index (χ3v) is 4.41. The van der Waals surface area contributed by atoms with E-state index in [4.69, 9.17) is 10.5 Å². The van der Waals surface area contributed by atoms with Crippen molar-refractivity contribution in [1.29, 1.82) is 0 Å². The summed E-state index contributed by atoms with van der Waals surface area (Å²) in [7, 11) is 0. The number of para-hydroxylation sites is 1. The highest BCUT2D eigenvalue weighted by atomic mass is 32.2. The Balaban J connectivity index is 1.93. The third kappa shape index (κ3) is 4.90. The van der Waals surface area contributed by atoms with Crippen LogP contribution in [0.4, 0.5) is 5.69 Å². The first-order valence-electron chi connectivity index (χ1n) is 7.65. The molecule has 0 aliphatic carbocycles. The Morgan fingerprint density at radius 3 is 2.86 bits per heavy atom. The number of carbonyl (C=O) groups excluding carboxylic acids is 1. The van der Waals surface area contributed by atoms with Gasteiger partial charge in [-0.1, -0.05) is 18.2 Å². The molecule has 1 atom stereocenters. The largest absolute Gasteiger partial charge is 0.378 e. The fourth-order valence-electron chi connectivity index (χ4n) is 2.46. The summed E-state index contributed by atoms with van der Waals surface area (Å²) < 4.78 is 5.40. The Morgan fingerprint density at radius 2 is 2.14 bits per heavy atom. The van der Waals surface area contributed by atoms with Crippen LogP contribution in [0.5, 0.6) is 0 Å². The maximum Gasteiger partial charge on any atom is 0.237 e. The summed E-state index contributed by atoms with van der Waals surface area (Å²) in [5, 5.41) is 2.96. The molecule has 2 rings (SSSR count). The number of ether oxygens (including phenoxy) is 1. The van der Waals surface area contributed by atoms with Crippen molar-refractivity contribution in [2.75, 3.05) is 43.2 Å². The molecule has 5 nitrogen and oxygen atoms in total. The zero-order chi connectivity index (χ0) is 15.8. The lowest BCUT2D eigenvalue weighted by Crippen LogP contribution is -2.41. The highest BCUT2D eigenvalue weighted by Gasteiger charge is 2.16. The number of thioether (sulfide) groups is 1. The first kappa shape index (κ1) is 17.1. The number of nitrogens with two attached hydrogens (primary N) is 1. The van der Waals surface area contributed by atoms with E-state index in [-0.39, 0.29) is 5.91 Å². The summed E-state index contributed by atoms with van der Waals surface area (Å²) in [4.78, 5) is 14.3. The minimum atomic E-state index is -0.428. The summed E-state index contributed by atoms with van der Waals surface area (Å²) >= 11 is 1.70. The molecule has 22 heavy (non-hydrogen) atoms. The zero-order valence-electron chi connectivity index (χ0n) is 13.1. The number of hydrogen-bond donors (Lipinski definition) is 2. The first-order chi connectivity index (χ1) is 10.7. The van der Waals surface area contributed by atoms with Crippen LogP contribution in [0.15, 0.2) is 24.3 Å². The van der Waals surface area contributed by atoms with Crippen LogP contribution in [0, 0.1) is 0 Å². The van der Waals surface area contributed by atoms with Crippen molar-refractivity contribution < 1.29 is 9.53 Å². The predicted octanol–water partition coefficient (Wildman–Crippen LogP) is 1.22. The maximum absolute atomic E-state index is 12.0. The van der Waals surface area contributed by atoms with Crippen molar-refractivity contribution in [1.82, 2.24) is 5.32 Å². The van der Waals surface area contributed by atoms with Crippen LogP contribution in [0.2, 0.25) is 0 Å². The van der Waals surface area contributed by atoms with Crippen molar-refractivity contribution in [2.45, 2.75) is 19.0 Å². The van der Waals surface area contributed by atoms with Crippen molar-refractivity contribution in [3.05, 3.63) is 29.8 Å². The Kier molecular flexibility index (Phi) is 7.02. The molecule has 1 fully saturated rings. The molecule has 1 amide bonds. The molecule has 1 aromatic carbocycles. The van der Waals surface area contributed by atoms with E-state index in [0.717, 1.165) is 37.6 Å². The number of hydrogen-bond acceptors (Lipinski definition) is 5. The summed E-state index contributed by atoms with van der Waals surface area (Å²) in [6, 6.07) is 7.75. The van der Waals surface area contributed by atoms with Crippen LogP contribution in [-0.2, 0) is 16.1 Å². The summed E-state index contributed by atoms with van der Waals surface area (Å²) in [5.74, 6) is 0.824. The third-order valence-electron chi connectivity index (χ3n) is 3.77. The van der Waals surface area contributed by atoms with E-state index < -0.39 is 6.04 Å². The molecule has 0 bridgehead atoms. The van der Waals surface area contributed by atoms with Crippen LogP contribution >= 0.6 is 11.8 Å². The number of amides is 1. The van der Waals surface area contributed by atoms with Gasteiger partial charge in [0.15, 0.2) is 0 Å². The second-order valence-electron chi connectivity index (χ2n) is 5.33. The number of carbonyl (C=O) groups is 1. The normalized spacial score (nSPS) is 16.4. The Bertz CT molecular complexity index is 478. The SMILES string of the molecule is CSCC[C@H](N)C(=O)NCc1ccccc1N1CCOCC1. The monoisotopic (exact) mass is 323 g/mol. The van der Waals surface area contributed by atoms with Gasteiger partial charge in [-0.05, 0) is 30.1 Å². The average Bonchev–Trinajstić information content (AvgIpc) is 2.58. The fraction of sp³-hybridized carbons (Fsp3) is 0.562. The smallest absolute Gasteiger partial charge is 0.237 e. The Hall–Kier alpha value is -1.24. The molecule has 1 saturated heterocycles. The van der Waals surface area contributed by atoms with Crippen LogP contribution in [0.25, 0.3) is 0 Å². The van der Waals surface area contributed by atoms with Crippen molar-refractivity contribution in [2.24, 2.45) is 5.73 Å². The summed E-state index contributed by atoms with van der Waals surface area (Å²) in [6.45, 7) is 3.79. The van der Waals surface area contributed by atoms with E-state index in [1.807, 2.05) is 18.4 Å². The van der Waals surface area contributed by atoms with Gasteiger partial charge in [0.2, 0.25) is 5.91 Å². The molecule has 0 radical (unpaired) electrons. The summed E-state index contributed by atoms with van der Waals surface area (Å²) in [5.41, 5.74) is 8.19. The zero-order valence-corrected chi connectivity index (χ0v) is 13.9. The van der Waals surface area contributed by atoms with Crippen molar-refractivity contribution >= 4 is 23.4 Å². The van der Waals surface area contributed by atoms with Crippen LogP contribution in [0.1, 0.15) is 12.0 Å². The topological polar surface area (TPSA) is 67.6 Å². The van der Waals surface area contributed by atoms with Gasteiger partial charge in [-0.2, -0.15) is 11.8 Å². The molecular formula is C16H25N3O2S. The molecule has 0 spiro atoms. The number of nitrogens with zero attached hydrogens (tertiary/aromatic N) is 1. The first-order valence-corrected chi connectivity index (χ1v) is 9.04. The number of morpholine rings is 1. The second-order valence-corrected chi connectivity index (χ2v) is 6.32. The summed E-state index contributed by atoms with van der Waals surface area (Å²) in [6.07, 6.45) is 2.72. The van der Waals surface area contributed by atoms with E-state index in [2.05, 4.69) is 22.3 Å². The number of nitrogens with one attached hydrogen (secondary N) is 1. The van der Waals surface area contributed by atoms with Crippen LogP contribution < -0.4 is 16.0 Å². The molecular weight excluding hydrogens is 298 g/mol. The highest BCUT2D eigenvalue weighted by molar-refractivity contribution is 7.98. The number of rotatable bonds is 7. The van der Waals surface area contributed by atoms with Gasteiger partial charge in [-0.3, -0.25) is 4.79 Å². The quantitative estimate of drug-likeness (QED) is 0.790. The molecule has 122 valence electrons.